The summed E-state index contributed by atoms with van der Waals surface area (Å²) in [6.07, 6.45) is 0. The molecule has 0 fully saturated rings. The lowest BCUT2D eigenvalue weighted by Crippen LogP contribution is -2.08. The van der Waals surface area contributed by atoms with Gasteiger partial charge in [0.15, 0.2) is 0 Å². The lowest BCUT2D eigenvalue weighted by atomic mass is 10.2. The molecule has 1 aromatic carbocycles. The maximum Gasteiger partial charge on any atom is 0.323 e. The van der Waals surface area contributed by atoms with Gasteiger partial charge >= 0.3 is 6.01 Å². The highest BCUT2D eigenvalue weighted by Crippen LogP contribution is 2.23. The molecule has 0 amide bonds. The SMILES string of the molecule is CCOc1nc(NC)nc(Nc2c(C)cccc2F)n1. The van der Waals surface area contributed by atoms with Crippen LogP contribution in [0.3, 0.4) is 0 Å². The van der Waals surface area contributed by atoms with Crippen LogP contribution in [0, 0.1) is 12.7 Å². The first-order valence-corrected chi connectivity index (χ1v) is 6.22. The maximum absolute atomic E-state index is 13.8. The van der Waals surface area contributed by atoms with Gasteiger partial charge < -0.3 is 15.4 Å². The van der Waals surface area contributed by atoms with Crippen LogP contribution < -0.4 is 15.4 Å². The molecule has 0 unspecified atom stereocenters. The Labute approximate surface area is 116 Å². The smallest absolute Gasteiger partial charge is 0.323 e. The summed E-state index contributed by atoms with van der Waals surface area (Å²) in [5.41, 5.74) is 1.09. The highest BCUT2D eigenvalue weighted by molar-refractivity contribution is 5.59. The zero-order chi connectivity index (χ0) is 14.5. The predicted octanol–water partition coefficient (Wildman–Crippen LogP) is 2.50. The molecule has 0 atom stereocenters. The van der Waals surface area contributed by atoms with Crippen molar-refractivity contribution in [1.29, 1.82) is 0 Å². The molecule has 2 rings (SSSR count). The largest absolute Gasteiger partial charge is 0.464 e. The van der Waals surface area contributed by atoms with Crippen molar-refractivity contribution in [2.24, 2.45) is 0 Å². The summed E-state index contributed by atoms with van der Waals surface area (Å²) < 4.78 is 19.0. The molecule has 20 heavy (non-hydrogen) atoms. The predicted molar refractivity (Wildman–Crippen MR) is 75.0 cm³/mol. The van der Waals surface area contributed by atoms with E-state index in [0.717, 1.165) is 5.56 Å². The van der Waals surface area contributed by atoms with Crippen LogP contribution >= 0.6 is 0 Å². The molecule has 0 aliphatic carbocycles. The molecule has 1 heterocycles. The second kappa shape index (κ2) is 6.14. The number of benzene rings is 1. The Morgan fingerprint density at radius 3 is 2.60 bits per heavy atom. The second-order valence-corrected chi connectivity index (χ2v) is 4.00. The fraction of sp³-hybridized carbons (Fsp3) is 0.308. The van der Waals surface area contributed by atoms with Crippen molar-refractivity contribution in [2.75, 3.05) is 24.3 Å². The summed E-state index contributed by atoms with van der Waals surface area (Å²) in [6.45, 7) is 4.07. The van der Waals surface area contributed by atoms with Crippen LogP contribution in [0.5, 0.6) is 6.01 Å². The van der Waals surface area contributed by atoms with Gasteiger partial charge in [-0.1, -0.05) is 12.1 Å². The number of rotatable bonds is 5. The molecule has 0 radical (unpaired) electrons. The van der Waals surface area contributed by atoms with E-state index in [9.17, 15) is 4.39 Å². The minimum Gasteiger partial charge on any atom is -0.464 e. The summed E-state index contributed by atoms with van der Waals surface area (Å²) in [7, 11) is 1.68. The number of nitrogens with one attached hydrogen (secondary N) is 2. The van der Waals surface area contributed by atoms with Gasteiger partial charge in [0.05, 0.1) is 12.3 Å². The van der Waals surface area contributed by atoms with E-state index in [1.165, 1.54) is 6.07 Å². The standard InChI is InChI=1S/C13H16FN5O/c1-4-20-13-18-11(15-3)17-12(19-13)16-10-8(2)6-5-7-9(10)14/h5-7H,4H2,1-3H3,(H2,15,16,17,18,19). The van der Waals surface area contributed by atoms with Crippen molar-refractivity contribution in [1.82, 2.24) is 15.0 Å². The zero-order valence-corrected chi connectivity index (χ0v) is 11.6. The van der Waals surface area contributed by atoms with Gasteiger partial charge in [-0.15, -0.1) is 0 Å². The van der Waals surface area contributed by atoms with Crippen LogP contribution in [-0.4, -0.2) is 28.6 Å². The third-order valence-corrected chi connectivity index (χ3v) is 2.57. The van der Waals surface area contributed by atoms with Crippen LogP contribution in [0.15, 0.2) is 18.2 Å². The molecular formula is C13H16FN5O. The first kappa shape index (κ1) is 14.0. The average Bonchev–Trinajstić information content (AvgIpc) is 2.43. The molecule has 2 aromatic rings. The van der Waals surface area contributed by atoms with Crippen molar-refractivity contribution in [3.05, 3.63) is 29.6 Å². The molecule has 7 heteroatoms. The summed E-state index contributed by atoms with van der Waals surface area (Å²) in [6, 6.07) is 5.00. The van der Waals surface area contributed by atoms with Gasteiger partial charge in [-0.05, 0) is 25.5 Å². The van der Waals surface area contributed by atoms with E-state index in [1.54, 1.807) is 26.1 Å². The molecule has 0 saturated carbocycles. The van der Waals surface area contributed by atoms with Crippen LogP contribution in [-0.2, 0) is 0 Å². The van der Waals surface area contributed by atoms with Crippen molar-refractivity contribution in [2.45, 2.75) is 13.8 Å². The summed E-state index contributed by atoms with van der Waals surface area (Å²) in [5.74, 6) is 0.204. The Kier molecular flexibility index (Phi) is 4.29. The van der Waals surface area contributed by atoms with Gasteiger partial charge in [-0.2, -0.15) is 15.0 Å². The van der Waals surface area contributed by atoms with E-state index < -0.39 is 0 Å². The topological polar surface area (TPSA) is 72.0 Å². The van der Waals surface area contributed by atoms with E-state index in [4.69, 9.17) is 4.74 Å². The molecule has 6 nitrogen and oxygen atoms in total. The quantitative estimate of drug-likeness (QED) is 0.875. The van der Waals surface area contributed by atoms with Crippen LogP contribution in [0.25, 0.3) is 0 Å². The van der Waals surface area contributed by atoms with E-state index in [-0.39, 0.29) is 17.8 Å². The summed E-state index contributed by atoms with van der Waals surface area (Å²) in [5, 5.41) is 5.66. The summed E-state index contributed by atoms with van der Waals surface area (Å²) in [4.78, 5) is 12.2. The summed E-state index contributed by atoms with van der Waals surface area (Å²) >= 11 is 0. The molecule has 0 aliphatic heterocycles. The van der Waals surface area contributed by atoms with Crippen molar-refractivity contribution in [3.8, 4) is 6.01 Å². The van der Waals surface area contributed by atoms with Gasteiger partial charge in [0, 0.05) is 7.05 Å². The van der Waals surface area contributed by atoms with Crippen molar-refractivity contribution >= 4 is 17.6 Å². The zero-order valence-electron chi connectivity index (χ0n) is 11.6. The lowest BCUT2D eigenvalue weighted by Gasteiger charge is -2.11. The van der Waals surface area contributed by atoms with Crippen LogP contribution in [0.4, 0.5) is 22.0 Å². The fourth-order valence-electron chi connectivity index (χ4n) is 1.62. The number of anilines is 3. The van der Waals surface area contributed by atoms with Gasteiger partial charge in [-0.3, -0.25) is 0 Å². The molecule has 1 aromatic heterocycles. The lowest BCUT2D eigenvalue weighted by molar-refractivity contribution is 0.312. The number of aromatic nitrogens is 3. The number of ether oxygens (including phenoxy) is 1. The molecule has 106 valence electrons. The van der Waals surface area contributed by atoms with Crippen molar-refractivity contribution < 1.29 is 9.13 Å². The van der Waals surface area contributed by atoms with Gasteiger partial charge in [0.1, 0.15) is 5.82 Å². The van der Waals surface area contributed by atoms with E-state index in [1.807, 2.05) is 6.92 Å². The highest BCUT2D eigenvalue weighted by atomic mass is 19.1. The number of hydrogen-bond donors (Lipinski definition) is 2. The highest BCUT2D eigenvalue weighted by Gasteiger charge is 2.10. The monoisotopic (exact) mass is 277 g/mol. The molecule has 2 N–H and O–H groups in total. The van der Waals surface area contributed by atoms with Crippen LogP contribution in [0.2, 0.25) is 0 Å². The number of nitrogens with zero attached hydrogens (tertiary/aromatic N) is 3. The van der Waals surface area contributed by atoms with Gasteiger partial charge in [-0.25, -0.2) is 4.39 Å². The maximum atomic E-state index is 13.8. The fourth-order valence-corrected chi connectivity index (χ4v) is 1.62. The Morgan fingerprint density at radius 2 is 1.95 bits per heavy atom. The molecule has 0 saturated heterocycles. The number of hydrogen-bond acceptors (Lipinski definition) is 6. The normalized spacial score (nSPS) is 10.2. The van der Waals surface area contributed by atoms with Crippen LogP contribution in [0.1, 0.15) is 12.5 Å². The third kappa shape index (κ3) is 3.11. The van der Waals surface area contributed by atoms with E-state index in [2.05, 4.69) is 25.6 Å². The first-order valence-electron chi connectivity index (χ1n) is 6.22. The molecular weight excluding hydrogens is 261 g/mol. The van der Waals surface area contributed by atoms with Gasteiger partial charge in [0.25, 0.3) is 0 Å². The average molecular weight is 277 g/mol. The first-order chi connectivity index (χ1) is 9.63. The Morgan fingerprint density at radius 1 is 1.20 bits per heavy atom. The third-order valence-electron chi connectivity index (χ3n) is 2.57. The minimum atomic E-state index is -0.366. The molecule has 0 spiro atoms. The second-order valence-electron chi connectivity index (χ2n) is 4.00. The molecule has 0 bridgehead atoms. The minimum absolute atomic E-state index is 0.184. The molecule has 0 aliphatic rings. The number of halogens is 1. The van der Waals surface area contributed by atoms with E-state index >= 15 is 0 Å². The Balaban J connectivity index is 2.35. The van der Waals surface area contributed by atoms with Crippen molar-refractivity contribution in [3.63, 3.8) is 0 Å². The van der Waals surface area contributed by atoms with E-state index in [0.29, 0.717) is 18.2 Å². The number of para-hydroxylation sites is 1. The number of aryl methyl sites for hydroxylation is 1. The van der Waals surface area contributed by atoms with Gasteiger partial charge in [0.2, 0.25) is 11.9 Å². The Bertz CT molecular complexity index is 585. The Hall–Kier alpha value is -2.44.